The minimum atomic E-state index is -3.56. The Hall–Kier alpha value is -0.540. The predicted molar refractivity (Wildman–Crippen MR) is 72.4 cm³/mol. The molecule has 6 heteroatoms. The highest BCUT2D eigenvalue weighted by molar-refractivity contribution is 9.10. The number of hydrogen-bond acceptors (Lipinski definition) is 2. The standard InChI is InChI=1S/C11H11BrClNO2S/c1-3-4-8(2)14-17(15,16)9-5-6-11(13)10(12)7-9/h1,5-8,14H,4H2,2H3. The summed E-state index contributed by atoms with van der Waals surface area (Å²) in [5.74, 6) is 2.40. The zero-order chi connectivity index (χ0) is 13.1. The summed E-state index contributed by atoms with van der Waals surface area (Å²) in [7, 11) is -3.56. The zero-order valence-electron chi connectivity index (χ0n) is 9.07. The van der Waals surface area contributed by atoms with E-state index in [9.17, 15) is 8.42 Å². The molecule has 0 spiro atoms. The molecule has 0 bridgehead atoms. The van der Waals surface area contributed by atoms with Crippen LogP contribution in [0.5, 0.6) is 0 Å². The van der Waals surface area contributed by atoms with Gasteiger partial charge in [-0.15, -0.1) is 12.3 Å². The monoisotopic (exact) mass is 335 g/mol. The van der Waals surface area contributed by atoms with Gasteiger partial charge in [0.05, 0.1) is 9.92 Å². The van der Waals surface area contributed by atoms with Crippen LogP contribution in [0.4, 0.5) is 0 Å². The molecule has 1 unspecified atom stereocenters. The number of sulfonamides is 1. The Morgan fingerprint density at radius 2 is 2.24 bits per heavy atom. The lowest BCUT2D eigenvalue weighted by Gasteiger charge is -2.12. The van der Waals surface area contributed by atoms with E-state index in [2.05, 4.69) is 26.6 Å². The lowest BCUT2D eigenvalue weighted by Crippen LogP contribution is -2.32. The molecule has 92 valence electrons. The first kappa shape index (κ1) is 14.5. The average molecular weight is 337 g/mol. The molecular formula is C11H11BrClNO2S. The lowest BCUT2D eigenvalue weighted by molar-refractivity contribution is 0.563. The normalized spacial score (nSPS) is 13.1. The highest BCUT2D eigenvalue weighted by Crippen LogP contribution is 2.25. The molecular weight excluding hydrogens is 326 g/mol. The van der Waals surface area contributed by atoms with E-state index in [1.165, 1.54) is 18.2 Å². The highest BCUT2D eigenvalue weighted by Gasteiger charge is 2.17. The molecule has 0 aliphatic heterocycles. The predicted octanol–water partition coefficient (Wildman–Crippen LogP) is 2.79. The fourth-order valence-corrected chi connectivity index (χ4v) is 3.11. The van der Waals surface area contributed by atoms with Gasteiger partial charge in [-0.1, -0.05) is 11.6 Å². The van der Waals surface area contributed by atoms with E-state index in [1.54, 1.807) is 6.92 Å². The molecule has 1 atom stereocenters. The molecule has 0 heterocycles. The van der Waals surface area contributed by atoms with Crippen molar-refractivity contribution in [3.05, 3.63) is 27.7 Å². The van der Waals surface area contributed by atoms with E-state index in [0.29, 0.717) is 15.9 Å². The number of hydrogen-bond donors (Lipinski definition) is 1. The van der Waals surface area contributed by atoms with Gasteiger partial charge in [-0.25, -0.2) is 13.1 Å². The Balaban J connectivity index is 2.98. The van der Waals surface area contributed by atoms with Crippen molar-refractivity contribution in [1.82, 2.24) is 4.72 Å². The van der Waals surface area contributed by atoms with Gasteiger partial charge in [0.25, 0.3) is 0 Å². The van der Waals surface area contributed by atoms with Crippen molar-refractivity contribution in [1.29, 1.82) is 0 Å². The Labute approximate surface area is 115 Å². The molecule has 1 N–H and O–H groups in total. The molecule has 0 amide bonds. The van der Waals surface area contributed by atoms with Crippen LogP contribution in [0, 0.1) is 12.3 Å². The van der Waals surface area contributed by atoms with Crippen LogP contribution in [0.15, 0.2) is 27.6 Å². The van der Waals surface area contributed by atoms with Crippen LogP contribution >= 0.6 is 27.5 Å². The fraction of sp³-hybridized carbons (Fsp3) is 0.273. The van der Waals surface area contributed by atoms with E-state index in [-0.39, 0.29) is 10.9 Å². The van der Waals surface area contributed by atoms with E-state index in [4.69, 9.17) is 18.0 Å². The molecule has 17 heavy (non-hydrogen) atoms. The molecule has 0 aliphatic rings. The van der Waals surface area contributed by atoms with E-state index >= 15 is 0 Å². The van der Waals surface area contributed by atoms with Gasteiger partial charge in [-0.2, -0.15) is 0 Å². The third-order valence-corrected chi connectivity index (χ3v) is 4.78. The summed E-state index contributed by atoms with van der Waals surface area (Å²) < 4.78 is 26.9. The molecule has 0 aliphatic carbocycles. The zero-order valence-corrected chi connectivity index (χ0v) is 12.2. The third-order valence-electron chi connectivity index (χ3n) is 1.98. The molecule has 1 aromatic rings. The van der Waals surface area contributed by atoms with Gasteiger partial charge in [0.1, 0.15) is 0 Å². The summed E-state index contributed by atoms with van der Waals surface area (Å²) in [4.78, 5) is 0.151. The lowest BCUT2D eigenvalue weighted by atomic mass is 10.3. The second-order valence-electron chi connectivity index (χ2n) is 3.51. The SMILES string of the molecule is C#CCC(C)NS(=O)(=O)c1ccc(Cl)c(Br)c1. The van der Waals surface area contributed by atoms with Crippen molar-refractivity contribution < 1.29 is 8.42 Å². The summed E-state index contributed by atoms with van der Waals surface area (Å²) in [6.45, 7) is 1.71. The first-order valence-electron chi connectivity index (χ1n) is 4.77. The van der Waals surface area contributed by atoms with Crippen LogP contribution in [0.2, 0.25) is 5.02 Å². The van der Waals surface area contributed by atoms with Gasteiger partial charge in [-0.3, -0.25) is 0 Å². The summed E-state index contributed by atoms with van der Waals surface area (Å²) >= 11 is 8.98. The Morgan fingerprint density at radius 3 is 2.76 bits per heavy atom. The van der Waals surface area contributed by atoms with Crippen molar-refractivity contribution in [2.24, 2.45) is 0 Å². The third kappa shape index (κ3) is 4.00. The van der Waals surface area contributed by atoms with Gasteiger partial charge < -0.3 is 0 Å². The number of benzene rings is 1. The minimum absolute atomic E-state index is 0.151. The van der Waals surface area contributed by atoms with Crippen LogP contribution in [-0.2, 0) is 10.0 Å². The summed E-state index contributed by atoms with van der Waals surface area (Å²) in [6, 6.07) is 4.11. The van der Waals surface area contributed by atoms with Crippen molar-refractivity contribution in [3.8, 4) is 12.3 Å². The maximum atomic E-state index is 11.9. The molecule has 0 fully saturated rings. The van der Waals surface area contributed by atoms with Crippen molar-refractivity contribution in [2.75, 3.05) is 0 Å². The molecule has 1 rings (SSSR count). The van der Waals surface area contributed by atoms with Crippen LogP contribution in [0.3, 0.4) is 0 Å². The topological polar surface area (TPSA) is 46.2 Å². The summed E-state index contributed by atoms with van der Waals surface area (Å²) in [5, 5.41) is 0.459. The van der Waals surface area contributed by atoms with E-state index < -0.39 is 10.0 Å². The maximum absolute atomic E-state index is 11.9. The Kier molecular flexibility index (Phi) is 5.02. The van der Waals surface area contributed by atoms with Crippen LogP contribution in [0.25, 0.3) is 0 Å². The summed E-state index contributed by atoms with van der Waals surface area (Å²) in [5.41, 5.74) is 0. The van der Waals surface area contributed by atoms with E-state index in [1.807, 2.05) is 0 Å². The second kappa shape index (κ2) is 5.87. The number of nitrogens with one attached hydrogen (secondary N) is 1. The molecule has 0 radical (unpaired) electrons. The first-order valence-corrected chi connectivity index (χ1v) is 7.43. The van der Waals surface area contributed by atoms with E-state index in [0.717, 1.165) is 0 Å². The van der Waals surface area contributed by atoms with Gasteiger partial charge in [0.2, 0.25) is 10.0 Å². The molecule has 0 aromatic heterocycles. The first-order chi connectivity index (χ1) is 7.86. The quantitative estimate of drug-likeness (QED) is 0.859. The van der Waals surface area contributed by atoms with Gasteiger partial charge in [0, 0.05) is 16.9 Å². The van der Waals surface area contributed by atoms with Gasteiger partial charge >= 0.3 is 0 Å². The van der Waals surface area contributed by atoms with Crippen LogP contribution < -0.4 is 4.72 Å². The second-order valence-corrected chi connectivity index (χ2v) is 6.48. The van der Waals surface area contributed by atoms with Gasteiger partial charge in [-0.05, 0) is 41.1 Å². The largest absolute Gasteiger partial charge is 0.240 e. The molecule has 1 aromatic carbocycles. The number of rotatable bonds is 4. The van der Waals surface area contributed by atoms with Gasteiger partial charge in [0.15, 0.2) is 0 Å². The molecule has 3 nitrogen and oxygen atoms in total. The number of halogens is 2. The van der Waals surface area contributed by atoms with Crippen molar-refractivity contribution >= 4 is 37.6 Å². The van der Waals surface area contributed by atoms with Crippen LogP contribution in [-0.4, -0.2) is 14.5 Å². The molecule has 0 saturated heterocycles. The number of terminal acetylenes is 1. The molecule has 0 saturated carbocycles. The fourth-order valence-electron chi connectivity index (χ4n) is 1.20. The van der Waals surface area contributed by atoms with Crippen LogP contribution in [0.1, 0.15) is 13.3 Å². The Morgan fingerprint density at radius 1 is 1.59 bits per heavy atom. The Bertz CT molecular complexity index is 551. The highest BCUT2D eigenvalue weighted by atomic mass is 79.9. The van der Waals surface area contributed by atoms with Crippen molar-refractivity contribution in [2.45, 2.75) is 24.3 Å². The maximum Gasteiger partial charge on any atom is 0.240 e. The summed E-state index contributed by atoms with van der Waals surface area (Å²) in [6.07, 6.45) is 5.46. The average Bonchev–Trinajstić information content (AvgIpc) is 2.21. The minimum Gasteiger partial charge on any atom is -0.207 e. The van der Waals surface area contributed by atoms with Crippen molar-refractivity contribution in [3.63, 3.8) is 0 Å². The smallest absolute Gasteiger partial charge is 0.207 e.